The van der Waals surface area contributed by atoms with E-state index in [0.29, 0.717) is 19.3 Å². The molecule has 28 heavy (non-hydrogen) atoms. The van der Waals surface area contributed by atoms with Crippen molar-refractivity contribution >= 4 is 11.9 Å². The number of benzene rings is 2. The smallest absolute Gasteiger partial charge is 0.310 e. The molecular formula is C24H28O4. The molecule has 1 saturated carbocycles. The predicted octanol–water partition coefficient (Wildman–Crippen LogP) is 5.01. The van der Waals surface area contributed by atoms with E-state index in [1.807, 2.05) is 48.5 Å². The summed E-state index contributed by atoms with van der Waals surface area (Å²) in [5, 5.41) is 9.98. The number of carboxylic acids is 1. The highest BCUT2D eigenvalue weighted by Crippen LogP contribution is 2.47. The molecule has 0 heterocycles. The zero-order valence-electron chi connectivity index (χ0n) is 16.2. The number of carbonyl (C=O) groups excluding carboxylic acids is 1. The Morgan fingerprint density at radius 3 is 2.07 bits per heavy atom. The summed E-state index contributed by atoms with van der Waals surface area (Å²) in [6.07, 6.45) is 4.95. The fourth-order valence-electron chi connectivity index (χ4n) is 4.32. The summed E-state index contributed by atoms with van der Waals surface area (Å²) in [6.45, 7) is 0.185. The highest BCUT2D eigenvalue weighted by Gasteiger charge is 2.51. The van der Waals surface area contributed by atoms with Gasteiger partial charge in [-0.15, -0.1) is 0 Å². The van der Waals surface area contributed by atoms with Crippen molar-refractivity contribution in [1.82, 2.24) is 0 Å². The van der Waals surface area contributed by atoms with Gasteiger partial charge in [0.05, 0.1) is 11.3 Å². The highest BCUT2D eigenvalue weighted by molar-refractivity contribution is 5.84. The number of rotatable bonds is 9. The van der Waals surface area contributed by atoms with E-state index in [-0.39, 0.29) is 12.6 Å². The van der Waals surface area contributed by atoms with Gasteiger partial charge >= 0.3 is 11.9 Å². The zero-order chi connectivity index (χ0) is 19.8. The Labute approximate surface area is 166 Å². The Hall–Kier alpha value is -2.62. The fourth-order valence-corrected chi connectivity index (χ4v) is 4.32. The molecule has 0 amide bonds. The van der Waals surface area contributed by atoms with Crippen LogP contribution in [0.5, 0.6) is 0 Å². The lowest BCUT2D eigenvalue weighted by atomic mass is 9.71. The average molecular weight is 380 g/mol. The molecule has 0 saturated heterocycles. The molecule has 1 aliphatic carbocycles. The lowest BCUT2D eigenvalue weighted by molar-refractivity contribution is -0.167. The minimum Gasteiger partial charge on any atom is -0.481 e. The largest absolute Gasteiger partial charge is 0.481 e. The second-order valence-electron chi connectivity index (χ2n) is 7.69. The average Bonchev–Trinajstić information content (AvgIpc) is 3.22. The first-order chi connectivity index (χ1) is 13.6. The van der Waals surface area contributed by atoms with Gasteiger partial charge in [0.15, 0.2) is 0 Å². The molecular weight excluding hydrogens is 352 g/mol. The first kappa shape index (κ1) is 20.1. The Kier molecular flexibility index (Phi) is 6.85. The molecule has 0 unspecified atom stereocenters. The summed E-state index contributed by atoms with van der Waals surface area (Å²) >= 11 is 0. The summed E-state index contributed by atoms with van der Waals surface area (Å²) in [4.78, 5) is 25.1. The monoisotopic (exact) mass is 380 g/mol. The second-order valence-corrected chi connectivity index (χ2v) is 7.69. The predicted molar refractivity (Wildman–Crippen MR) is 108 cm³/mol. The number of carbonyl (C=O) groups is 2. The van der Waals surface area contributed by atoms with Crippen molar-refractivity contribution in [3.8, 4) is 0 Å². The lowest BCUT2D eigenvalue weighted by Crippen LogP contribution is -2.41. The summed E-state index contributed by atoms with van der Waals surface area (Å²) in [7, 11) is 0. The van der Waals surface area contributed by atoms with Crippen LogP contribution in [-0.4, -0.2) is 17.0 Å². The SMILES string of the molecule is O=C(OCc1ccccc1)[C@@H](CCCc1ccccc1)C1(C(=O)O)CCCC1. The molecule has 2 aromatic rings. The lowest BCUT2D eigenvalue weighted by Gasteiger charge is -2.32. The summed E-state index contributed by atoms with van der Waals surface area (Å²) in [5.41, 5.74) is 1.13. The number of aryl methyl sites for hydroxylation is 1. The molecule has 4 heteroatoms. The van der Waals surface area contributed by atoms with Crippen molar-refractivity contribution in [2.75, 3.05) is 0 Å². The van der Waals surface area contributed by atoms with Crippen LogP contribution in [0.2, 0.25) is 0 Å². The molecule has 3 rings (SSSR count). The molecule has 2 aromatic carbocycles. The molecule has 0 spiro atoms. The number of carboxylic acid groups (broad SMARTS) is 1. The number of esters is 1. The van der Waals surface area contributed by atoms with E-state index in [1.54, 1.807) is 0 Å². The van der Waals surface area contributed by atoms with Crippen LogP contribution in [-0.2, 0) is 27.4 Å². The maximum absolute atomic E-state index is 13.0. The minimum absolute atomic E-state index is 0.185. The van der Waals surface area contributed by atoms with Crippen molar-refractivity contribution in [3.63, 3.8) is 0 Å². The van der Waals surface area contributed by atoms with E-state index < -0.39 is 17.3 Å². The van der Waals surface area contributed by atoms with Gasteiger partial charge in [0.25, 0.3) is 0 Å². The van der Waals surface area contributed by atoms with Crippen LogP contribution in [0.3, 0.4) is 0 Å². The Bertz CT molecular complexity index is 764. The topological polar surface area (TPSA) is 63.6 Å². The Morgan fingerprint density at radius 1 is 0.929 bits per heavy atom. The fraction of sp³-hybridized carbons (Fsp3) is 0.417. The number of ether oxygens (including phenoxy) is 1. The van der Waals surface area contributed by atoms with Crippen LogP contribution in [0.15, 0.2) is 60.7 Å². The molecule has 1 N–H and O–H groups in total. The summed E-state index contributed by atoms with van der Waals surface area (Å²) in [5.74, 6) is -1.83. The molecule has 0 radical (unpaired) electrons. The van der Waals surface area contributed by atoms with Crippen LogP contribution >= 0.6 is 0 Å². The maximum atomic E-state index is 13.0. The van der Waals surface area contributed by atoms with Gasteiger partial charge in [0, 0.05) is 0 Å². The van der Waals surface area contributed by atoms with Crippen LogP contribution < -0.4 is 0 Å². The molecule has 0 aliphatic heterocycles. The number of hydrogen-bond acceptors (Lipinski definition) is 3. The van der Waals surface area contributed by atoms with Gasteiger partial charge in [-0.25, -0.2) is 0 Å². The van der Waals surface area contributed by atoms with Crippen molar-refractivity contribution < 1.29 is 19.4 Å². The van der Waals surface area contributed by atoms with Crippen molar-refractivity contribution in [1.29, 1.82) is 0 Å². The normalized spacial score (nSPS) is 16.4. The third-order valence-electron chi connectivity index (χ3n) is 5.90. The van der Waals surface area contributed by atoms with Gasteiger partial charge < -0.3 is 9.84 Å². The van der Waals surface area contributed by atoms with Gasteiger partial charge in [-0.05, 0) is 43.2 Å². The second kappa shape index (κ2) is 9.54. The molecule has 1 fully saturated rings. The minimum atomic E-state index is -0.982. The van der Waals surface area contributed by atoms with Crippen LogP contribution in [0.1, 0.15) is 49.7 Å². The molecule has 0 bridgehead atoms. The van der Waals surface area contributed by atoms with Crippen molar-refractivity contribution in [3.05, 3.63) is 71.8 Å². The quantitative estimate of drug-likeness (QED) is 0.621. The van der Waals surface area contributed by atoms with Crippen LogP contribution in [0.25, 0.3) is 0 Å². The number of aliphatic carboxylic acids is 1. The van der Waals surface area contributed by atoms with E-state index >= 15 is 0 Å². The van der Waals surface area contributed by atoms with Crippen molar-refractivity contribution in [2.24, 2.45) is 11.3 Å². The number of hydrogen-bond donors (Lipinski definition) is 1. The van der Waals surface area contributed by atoms with Gasteiger partial charge in [-0.1, -0.05) is 73.5 Å². The van der Waals surface area contributed by atoms with E-state index in [0.717, 1.165) is 31.2 Å². The van der Waals surface area contributed by atoms with Gasteiger partial charge in [0.1, 0.15) is 6.61 Å². The highest BCUT2D eigenvalue weighted by atomic mass is 16.5. The van der Waals surface area contributed by atoms with E-state index in [9.17, 15) is 14.7 Å². The van der Waals surface area contributed by atoms with Crippen LogP contribution in [0, 0.1) is 11.3 Å². The van der Waals surface area contributed by atoms with E-state index in [2.05, 4.69) is 12.1 Å². The zero-order valence-corrected chi connectivity index (χ0v) is 16.2. The van der Waals surface area contributed by atoms with Gasteiger partial charge in [0.2, 0.25) is 0 Å². The Morgan fingerprint density at radius 2 is 1.50 bits per heavy atom. The summed E-state index contributed by atoms with van der Waals surface area (Å²) < 4.78 is 5.58. The van der Waals surface area contributed by atoms with Crippen molar-refractivity contribution in [2.45, 2.75) is 51.6 Å². The first-order valence-electron chi connectivity index (χ1n) is 10.1. The van der Waals surface area contributed by atoms with Gasteiger partial charge in [-0.2, -0.15) is 0 Å². The molecule has 1 atom stereocenters. The molecule has 1 aliphatic rings. The van der Waals surface area contributed by atoms with Crippen LogP contribution in [0.4, 0.5) is 0 Å². The molecule has 148 valence electrons. The first-order valence-corrected chi connectivity index (χ1v) is 10.1. The third kappa shape index (κ3) is 4.80. The Balaban J connectivity index is 1.69. The molecule has 0 aromatic heterocycles. The van der Waals surface area contributed by atoms with E-state index in [4.69, 9.17) is 4.74 Å². The van der Waals surface area contributed by atoms with Gasteiger partial charge in [-0.3, -0.25) is 9.59 Å². The standard InChI is InChI=1S/C24H28O4/c25-22(28-18-20-12-5-2-6-13-20)21(24(23(26)27)16-7-8-17-24)15-9-14-19-10-3-1-4-11-19/h1-6,10-13,21H,7-9,14-18H2,(H,26,27)/t21-/m1/s1. The summed E-state index contributed by atoms with van der Waals surface area (Å²) in [6, 6.07) is 19.6. The third-order valence-corrected chi connectivity index (χ3v) is 5.90. The maximum Gasteiger partial charge on any atom is 0.310 e. The molecule has 4 nitrogen and oxygen atoms in total. The van der Waals surface area contributed by atoms with E-state index in [1.165, 1.54) is 5.56 Å².